The van der Waals surface area contributed by atoms with Crippen LogP contribution in [0.3, 0.4) is 0 Å². The quantitative estimate of drug-likeness (QED) is 0.540. The number of anilines is 1. The number of carbonyl (C=O) groups excluding carboxylic acids is 3. The SMILES string of the molecule is N#Cc1ccc(N2C(=O)[C@@H]3C4CCC(CN4C(=O)OCc4ccccc4)[C@@H]3C2=O)c2ccccc12. The minimum absolute atomic E-state index is 0.0830. The predicted octanol–water partition coefficient (Wildman–Crippen LogP) is 4.25. The van der Waals surface area contributed by atoms with Crippen LogP contribution in [-0.4, -0.2) is 35.4 Å². The minimum Gasteiger partial charge on any atom is -0.445 e. The number of hydrogen-bond donors (Lipinski definition) is 0. The lowest BCUT2D eigenvalue weighted by Crippen LogP contribution is -2.60. The van der Waals surface area contributed by atoms with Crippen molar-refractivity contribution >= 4 is 34.4 Å². The van der Waals surface area contributed by atoms with Crippen molar-refractivity contribution in [1.29, 1.82) is 5.26 Å². The standard InChI is InChI=1S/C28H23N3O4/c29-14-18-10-12-22(21-9-5-4-8-20(18)21)31-26(32)24-19-11-13-23(25(24)27(31)33)30(15-19)28(34)35-16-17-6-2-1-3-7-17/h1-10,12,19,23-25H,11,13,15-16H2/t19?,23?,24-,25+/m0/s1. The predicted molar refractivity (Wildman–Crippen MR) is 128 cm³/mol. The van der Waals surface area contributed by atoms with Gasteiger partial charge in [0, 0.05) is 23.4 Å². The number of nitrogens with zero attached hydrogens (tertiary/aromatic N) is 3. The van der Waals surface area contributed by atoms with Gasteiger partial charge in [0.25, 0.3) is 0 Å². The summed E-state index contributed by atoms with van der Waals surface area (Å²) in [5.41, 5.74) is 1.89. The molecule has 1 saturated carbocycles. The first-order chi connectivity index (χ1) is 17.1. The van der Waals surface area contributed by atoms with Gasteiger partial charge in [0.15, 0.2) is 0 Å². The lowest BCUT2D eigenvalue weighted by Gasteiger charge is -2.49. The van der Waals surface area contributed by atoms with E-state index in [-0.39, 0.29) is 30.4 Å². The van der Waals surface area contributed by atoms with Gasteiger partial charge in [0.1, 0.15) is 6.61 Å². The lowest BCUT2D eigenvalue weighted by molar-refractivity contribution is -0.132. The van der Waals surface area contributed by atoms with Crippen molar-refractivity contribution in [2.24, 2.45) is 17.8 Å². The third kappa shape index (κ3) is 3.28. The largest absolute Gasteiger partial charge is 0.445 e. The second-order valence-electron chi connectivity index (χ2n) is 9.45. The molecule has 4 atom stereocenters. The van der Waals surface area contributed by atoms with Crippen LogP contribution < -0.4 is 4.90 Å². The highest BCUT2D eigenvalue weighted by Crippen LogP contribution is 2.50. The second-order valence-corrected chi connectivity index (χ2v) is 9.45. The Balaban J connectivity index is 1.30. The van der Waals surface area contributed by atoms with Crippen LogP contribution in [0.2, 0.25) is 0 Å². The molecule has 2 bridgehead atoms. The van der Waals surface area contributed by atoms with Crippen molar-refractivity contribution in [2.75, 3.05) is 11.4 Å². The molecular formula is C28H23N3O4. The number of carbonyl (C=O) groups is 3. The van der Waals surface area contributed by atoms with E-state index in [0.717, 1.165) is 12.0 Å². The molecule has 1 aliphatic carbocycles. The monoisotopic (exact) mass is 465 g/mol. The first-order valence-electron chi connectivity index (χ1n) is 11.9. The van der Waals surface area contributed by atoms with Crippen molar-refractivity contribution in [1.82, 2.24) is 4.90 Å². The van der Waals surface area contributed by atoms with Crippen molar-refractivity contribution in [3.63, 3.8) is 0 Å². The summed E-state index contributed by atoms with van der Waals surface area (Å²) in [6.07, 6.45) is 1.03. The van der Waals surface area contributed by atoms with Gasteiger partial charge in [-0.2, -0.15) is 5.26 Å². The van der Waals surface area contributed by atoms with E-state index in [1.807, 2.05) is 54.6 Å². The van der Waals surface area contributed by atoms with E-state index in [2.05, 4.69) is 6.07 Å². The molecule has 3 aliphatic heterocycles. The van der Waals surface area contributed by atoms with Crippen LogP contribution in [-0.2, 0) is 20.9 Å². The van der Waals surface area contributed by atoms with Gasteiger partial charge < -0.3 is 9.64 Å². The molecule has 4 fully saturated rings. The third-order valence-corrected chi connectivity index (χ3v) is 7.69. The normalized spacial score (nSPS) is 25.0. The fourth-order valence-corrected chi connectivity index (χ4v) is 6.12. The van der Waals surface area contributed by atoms with Crippen molar-refractivity contribution < 1.29 is 19.1 Å². The lowest BCUT2D eigenvalue weighted by atomic mass is 9.66. The number of nitriles is 1. The minimum atomic E-state index is -0.575. The van der Waals surface area contributed by atoms with Gasteiger partial charge in [-0.3, -0.25) is 9.59 Å². The van der Waals surface area contributed by atoms with Gasteiger partial charge in [-0.15, -0.1) is 0 Å². The summed E-state index contributed by atoms with van der Waals surface area (Å²) < 4.78 is 5.57. The number of rotatable bonds is 3. The summed E-state index contributed by atoms with van der Waals surface area (Å²) in [5, 5.41) is 10.9. The van der Waals surface area contributed by atoms with Crippen LogP contribution in [0.15, 0.2) is 66.7 Å². The molecule has 7 nitrogen and oxygen atoms in total. The Bertz CT molecular complexity index is 1400. The van der Waals surface area contributed by atoms with Gasteiger partial charge in [0.2, 0.25) is 11.8 Å². The fourth-order valence-electron chi connectivity index (χ4n) is 6.12. The van der Waals surface area contributed by atoms with Gasteiger partial charge in [-0.25, -0.2) is 9.69 Å². The molecule has 35 heavy (non-hydrogen) atoms. The van der Waals surface area contributed by atoms with Crippen molar-refractivity contribution in [3.05, 3.63) is 77.9 Å². The van der Waals surface area contributed by atoms with Crippen LogP contribution in [0.4, 0.5) is 10.5 Å². The van der Waals surface area contributed by atoms with E-state index in [4.69, 9.17) is 4.74 Å². The number of imide groups is 1. The topological polar surface area (TPSA) is 90.7 Å². The van der Waals surface area contributed by atoms with Crippen LogP contribution >= 0.6 is 0 Å². The Morgan fingerprint density at radius 2 is 1.63 bits per heavy atom. The summed E-state index contributed by atoms with van der Waals surface area (Å²) >= 11 is 0. The van der Waals surface area contributed by atoms with Gasteiger partial charge >= 0.3 is 6.09 Å². The molecular weight excluding hydrogens is 442 g/mol. The summed E-state index contributed by atoms with van der Waals surface area (Å²) in [5.74, 6) is -1.57. The molecule has 0 radical (unpaired) electrons. The van der Waals surface area contributed by atoms with Crippen LogP contribution in [0.5, 0.6) is 0 Å². The van der Waals surface area contributed by atoms with Crippen molar-refractivity contribution in [3.8, 4) is 6.07 Å². The average Bonchev–Trinajstić information content (AvgIpc) is 3.19. The molecule has 0 N–H and O–H groups in total. The molecule has 7 rings (SSSR count). The number of ether oxygens (including phenoxy) is 1. The van der Waals surface area contributed by atoms with Crippen LogP contribution in [0, 0.1) is 29.1 Å². The maximum absolute atomic E-state index is 13.7. The average molecular weight is 466 g/mol. The molecule has 4 aliphatic rings. The number of fused-ring (bicyclic) bond motifs is 3. The zero-order valence-electron chi connectivity index (χ0n) is 19.0. The molecule has 3 aromatic rings. The molecule has 174 valence electrons. The summed E-state index contributed by atoms with van der Waals surface area (Å²) in [4.78, 5) is 43.3. The molecule has 3 aromatic carbocycles. The fraction of sp³-hybridized carbons (Fsp3) is 0.286. The maximum Gasteiger partial charge on any atom is 0.410 e. The van der Waals surface area contributed by atoms with Crippen LogP contribution in [0.25, 0.3) is 10.8 Å². The zero-order chi connectivity index (χ0) is 24.1. The number of hydrogen-bond acceptors (Lipinski definition) is 5. The Hall–Kier alpha value is -4.18. The summed E-state index contributed by atoms with van der Waals surface area (Å²) in [7, 11) is 0. The van der Waals surface area contributed by atoms with Crippen molar-refractivity contribution in [2.45, 2.75) is 25.5 Å². The number of benzene rings is 3. The summed E-state index contributed by atoms with van der Waals surface area (Å²) in [6.45, 7) is 0.582. The molecule has 3 saturated heterocycles. The zero-order valence-corrected chi connectivity index (χ0v) is 19.0. The summed E-state index contributed by atoms with van der Waals surface area (Å²) in [6, 6.07) is 21.9. The maximum atomic E-state index is 13.7. The highest BCUT2D eigenvalue weighted by Gasteiger charge is 2.61. The highest BCUT2D eigenvalue weighted by atomic mass is 16.6. The Morgan fingerprint density at radius 1 is 0.914 bits per heavy atom. The first kappa shape index (κ1) is 21.4. The van der Waals surface area contributed by atoms with E-state index in [1.165, 1.54) is 4.90 Å². The third-order valence-electron chi connectivity index (χ3n) is 7.69. The number of amides is 3. The molecule has 3 amide bonds. The van der Waals surface area contributed by atoms with E-state index in [0.29, 0.717) is 35.0 Å². The molecule has 0 spiro atoms. The molecule has 2 unspecified atom stereocenters. The van der Waals surface area contributed by atoms with E-state index in [1.54, 1.807) is 17.0 Å². The van der Waals surface area contributed by atoms with Gasteiger partial charge in [0.05, 0.1) is 29.2 Å². The Morgan fingerprint density at radius 3 is 2.40 bits per heavy atom. The molecule has 0 aromatic heterocycles. The molecule has 3 heterocycles. The van der Waals surface area contributed by atoms with E-state index in [9.17, 15) is 19.6 Å². The molecule has 7 heteroatoms. The van der Waals surface area contributed by atoms with E-state index < -0.39 is 17.9 Å². The first-order valence-corrected chi connectivity index (χ1v) is 11.9. The Kier molecular flexibility index (Phi) is 5.03. The highest BCUT2D eigenvalue weighted by molar-refractivity contribution is 6.25. The second kappa shape index (κ2) is 8.24. The number of piperidine rings is 2. The Labute approximate surface area is 202 Å². The van der Waals surface area contributed by atoms with Crippen LogP contribution in [0.1, 0.15) is 24.0 Å². The van der Waals surface area contributed by atoms with Gasteiger partial charge in [-0.1, -0.05) is 54.6 Å². The van der Waals surface area contributed by atoms with E-state index >= 15 is 0 Å². The smallest absolute Gasteiger partial charge is 0.410 e. The van der Waals surface area contributed by atoms with Gasteiger partial charge in [-0.05, 0) is 36.5 Å².